The van der Waals surface area contributed by atoms with E-state index < -0.39 is 0 Å². The Morgan fingerprint density at radius 2 is 1.96 bits per heavy atom. The summed E-state index contributed by atoms with van der Waals surface area (Å²) >= 11 is 0. The van der Waals surface area contributed by atoms with Crippen LogP contribution in [0, 0.1) is 0 Å². The third kappa shape index (κ3) is 5.36. The van der Waals surface area contributed by atoms with E-state index >= 15 is 0 Å². The van der Waals surface area contributed by atoms with Crippen molar-refractivity contribution in [2.75, 3.05) is 39.4 Å². The summed E-state index contributed by atoms with van der Waals surface area (Å²) in [6, 6.07) is 10.7. The smallest absolute Gasteiger partial charge is 0.230 e. The zero-order chi connectivity index (χ0) is 17.5. The Hall–Kier alpha value is -1.76. The molecular formula is C19H28N4O2. The van der Waals surface area contributed by atoms with Crippen molar-refractivity contribution in [1.29, 1.82) is 0 Å². The van der Waals surface area contributed by atoms with Gasteiger partial charge in [-0.3, -0.25) is 9.80 Å². The van der Waals surface area contributed by atoms with Crippen molar-refractivity contribution in [3.8, 4) is 0 Å². The molecule has 0 amide bonds. The molecular weight excluding hydrogens is 316 g/mol. The first-order chi connectivity index (χ1) is 12.2. The zero-order valence-electron chi connectivity index (χ0n) is 15.2. The van der Waals surface area contributed by atoms with E-state index in [4.69, 9.17) is 9.15 Å². The third-order valence-electron chi connectivity index (χ3n) is 4.64. The van der Waals surface area contributed by atoms with E-state index in [1.807, 2.05) is 25.1 Å². The molecule has 1 aliphatic heterocycles. The van der Waals surface area contributed by atoms with Crippen molar-refractivity contribution in [3.05, 3.63) is 47.7 Å². The first kappa shape index (κ1) is 18.0. The highest BCUT2D eigenvalue weighted by Gasteiger charge is 2.24. The lowest BCUT2D eigenvalue weighted by Gasteiger charge is -2.39. The maximum Gasteiger partial charge on any atom is 0.230 e. The van der Waals surface area contributed by atoms with Crippen LogP contribution in [0.3, 0.4) is 0 Å². The molecule has 1 aliphatic rings. The summed E-state index contributed by atoms with van der Waals surface area (Å²) in [5, 5.41) is 8.41. The molecule has 0 radical (unpaired) electrons. The van der Waals surface area contributed by atoms with Crippen LogP contribution in [0.4, 0.5) is 0 Å². The number of piperazine rings is 1. The SMILES string of the molecule is CCOCCN1CCN(Cc2nnc(Cc3ccccc3)o2)C[C@@H]1C. The molecule has 3 rings (SSSR count). The number of hydrogen-bond donors (Lipinski definition) is 0. The van der Waals surface area contributed by atoms with Gasteiger partial charge in [0.15, 0.2) is 0 Å². The number of ether oxygens (including phenoxy) is 1. The Kier molecular flexibility index (Phi) is 6.55. The summed E-state index contributed by atoms with van der Waals surface area (Å²) in [6.45, 7) is 10.7. The zero-order valence-corrected chi connectivity index (χ0v) is 15.2. The summed E-state index contributed by atoms with van der Waals surface area (Å²) in [5.41, 5.74) is 1.19. The molecule has 1 saturated heterocycles. The molecule has 2 aromatic rings. The van der Waals surface area contributed by atoms with Crippen molar-refractivity contribution in [1.82, 2.24) is 20.0 Å². The van der Waals surface area contributed by atoms with Gasteiger partial charge in [-0.05, 0) is 19.4 Å². The Labute approximate surface area is 149 Å². The van der Waals surface area contributed by atoms with E-state index in [2.05, 4.69) is 39.1 Å². The lowest BCUT2D eigenvalue weighted by atomic mass is 10.2. The lowest BCUT2D eigenvalue weighted by molar-refractivity contribution is 0.0435. The highest BCUT2D eigenvalue weighted by molar-refractivity contribution is 5.17. The summed E-state index contributed by atoms with van der Waals surface area (Å²) < 4.78 is 11.3. The van der Waals surface area contributed by atoms with Gasteiger partial charge in [0.25, 0.3) is 0 Å². The Bertz CT molecular complexity index is 631. The average molecular weight is 344 g/mol. The Morgan fingerprint density at radius 3 is 2.72 bits per heavy atom. The standard InChI is InChI=1S/C19H28N4O2/c1-3-24-12-11-23-10-9-22(14-16(23)2)15-19-21-20-18(25-19)13-17-7-5-4-6-8-17/h4-8,16H,3,9-15H2,1-2H3/t16-/m0/s1. The third-order valence-corrected chi connectivity index (χ3v) is 4.64. The molecule has 1 atom stereocenters. The van der Waals surface area contributed by atoms with Crippen LogP contribution in [0.2, 0.25) is 0 Å². The molecule has 1 fully saturated rings. The number of hydrogen-bond acceptors (Lipinski definition) is 6. The van der Waals surface area contributed by atoms with Gasteiger partial charge in [-0.25, -0.2) is 0 Å². The van der Waals surface area contributed by atoms with Crippen LogP contribution in [0.5, 0.6) is 0 Å². The van der Waals surface area contributed by atoms with Crippen molar-refractivity contribution in [2.24, 2.45) is 0 Å². The van der Waals surface area contributed by atoms with Gasteiger partial charge in [0.2, 0.25) is 11.8 Å². The molecule has 0 saturated carbocycles. The minimum Gasteiger partial charge on any atom is -0.424 e. The van der Waals surface area contributed by atoms with Gasteiger partial charge in [-0.1, -0.05) is 30.3 Å². The molecule has 2 heterocycles. The molecule has 0 spiro atoms. The van der Waals surface area contributed by atoms with E-state index in [9.17, 15) is 0 Å². The quantitative estimate of drug-likeness (QED) is 0.685. The van der Waals surface area contributed by atoms with Crippen molar-refractivity contribution < 1.29 is 9.15 Å². The van der Waals surface area contributed by atoms with Crippen LogP contribution in [0.1, 0.15) is 31.2 Å². The van der Waals surface area contributed by atoms with Gasteiger partial charge >= 0.3 is 0 Å². The van der Waals surface area contributed by atoms with Crippen LogP contribution in [-0.2, 0) is 17.7 Å². The molecule has 0 N–H and O–H groups in total. The fourth-order valence-electron chi connectivity index (χ4n) is 3.26. The number of nitrogens with zero attached hydrogens (tertiary/aromatic N) is 4. The fourth-order valence-corrected chi connectivity index (χ4v) is 3.26. The first-order valence-electron chi connectivity index (χ1n) is 9.14. The normalized spacial score (nSPS) is 19.4. The van der Waals surface area contributed by atoms with Gasteiger partial charge in [-0.2, -0.15) is 0 Å². The van der Waals surface area contributed by atoms with Gasteiger partial charge in [0.05, 0.1) is 19.6 Å². The molecule has 1 aromatic heterocycles. The van der Waals surface area contributed by atoms with E-state index in [0.717, 1.165) is 45.9 Å². The van der Waals surface area contributed by atoms with Crippen LogP contribution < -0.4 is 0 Å². The molecule has 136 valence electrons. The van der Waals surface area contributed by atoms with E-state index in [-0.39, 0.29) is 0 Å². The fraction of sp³-hybridized carbons (Fsp3) is 0.579. The predicted molar refractivity (Wildman–Crippen MR) is 96.4 cm³/mol. The largest absolute Gasteiger partial charge is 0.424 e. The average Bonchev–Trinajstić information content (AvgIpc) is 3.05. The second kappa shape index (κ2) is 9.08. The van der Waals surface area contributed by atoms with E-state index in [1.165, 1.54) is 5.56 Å². The molecule has 6 heteroatoms. The second-order valence-corrected chi connectivity index (χ2v) is 6.57. The minimum absolute atomic E-state index is 0.515. The number of benzene rings is 1. The number of rotatable bonds is 8. The molecule has 25 heavy (non-hydrogen) atoms. The molecule has 0 bridgehead atoms. The van der Waals surface area contributed by atoms with Gasteiger partial charge < -0.3 is 9.15 Å². The minimum atomic E-state index is 0.515. The predicted octanol–water partition coefficient (Wildman–Crippen LogP) is 2.20. The summed E-state index contributed by atoms with van der Waals surface area (Å²) in [7, 11) is 0. The Balaban J connectivity index is 1.47. The van der Waals surface area contributed by atoms with Crippen molar-refractivity contribution >= 4 is 0 Å². The van der Waals surface area contributed by atoms with Crippen LogP contribution >= 0.6 is 0 Å². The van der Waals surface area contributed by atoms with Gasteiger partial charge in [-0.15, -0.1) is 10.2 Å². The molecule has 0 unspecified atom stereocenters. The summed E-state index contributed by atoms with van der Waals surface area (Å²) in [6.07, 6.45) is 0.690. The molecule has 6 nitrogen and oxygen atoms in total. The maximum absolute atomic E-state index is 5.83. The summed E-state index contributed by atoms with van der Waals surface area (Å²) in [5.74, 6) is 1.39. The highest BCUT2D eigenvalue weighted by atomic mass is 16.5. The lowest BCUT2D eigenvalue weighted by Crippen LogP contribution is -2.52. The Morgan fingerprint density at radius 1 is 1.16 bits per heavy atom. The van der Waals surface area contributed by atoms with Gasteiger partial charge in [0, 0.05) is 38.8 Å². The summed E-state index contributed by atoms with van der Waals surface area (Å²) in [4.78, 5) is 4.88. The van der Waals surface area contributed by atoms with Crippen LogP contribution in [0.15, 0.2) is 34.7 Å². The first-order valence-corrected chi connectivity index (χ1v) is 9.14. The van der Waals surface area contributed by atoms with E-state index in [0.29, 0.717) is 24.2 Å². The van der Waals surface area contributed by atoms with E-state index in [1.54, 1.807) is 0 Å². The molecule has 0 aliphatic carbocycles. The van der Waals surface area contributed by atoms with Crippen molar-refractivity contribution in [3.63, 3.8) is 0 Å². The van der Waals surface area contributed by atoms with Gasteiger partial charge in [0.1, 0.15) is 0 Å². The van der Waals surface area contributed by atoms with Crippen LogP contribution in [-0.4, -0.2) is 65.4 Å². The monoisotopic (exact) mass is 344 g/mol. The maximum atomic E-state index is 5.83. The topological polar surface area (TPSA) is 54.6 Å². The van der Waals surface area contributed by atoms with Crippen molar-refractivity contribution in [2.45, 2.75) is 32.9 Å². The number of aromatic nitrogens is 2. The highest BCUT2D eigenvalue weighted by Crippen LogP contribution is 2.14. The van der Waals surface area contributed by atoms with Crippen LogP contribution in [0.25, 0.3) is 0 Å². The molecule has 1 aromatic carbocycles. The second-order valence-electron chi connectivity index (χ2n) is 6.57.